The number of nitrogens with one attached hydrogen (secondary N) is 1. The van der Waals surface area contributed by atoms with E-state index in [4.69, 9.17) is 9.47 Å². The lowest BCUT2D eigenvalue weighted by Crippen LogP contribution is -2.43. The first-order chi connectivity index (χ1) is 8.92. The number of amides is 1. The van der Waals surface area contributed by atoms with Crippen LogP contribution >= 0.6 is 0 Å². The van der Waals surface area contributed by atoms with Crippen molar-refractivity contribution >= 4 is 6.41 Å². The molecule has 0 unspecified atom stereocenters. The molecule has 1 amide bonds. The van der Waals surface area contributed by atoms with Gasteiger partial charge in [-0.15, -0.1) is 0 Å². The fraction of sp³-hybridized carbons (Fsp3) is 0.417. The van der Waals surface area contributed by atoms with E-state index in [1.165, 1.54) is 32.4 Å². The SMILES string of the molecule is COc1ccc(C[C@H](NC=O)C(F)(F)F)cc1OC. The van der Waals surface area contributed by atoms with Gasteiger partial charge in [-0.2, -0.15) is 13.2 Å². The van der Waals surface area contributed by atoms with E-state index in [9.17, 15) is 18.0 Å². The Morgan fingerprint density at radius 3 is 2.37 bits per heavy atom. The van der Waals surface area contributed by atoms with Crippen LogP contribution in [0.15, 0.2) is 18.2 Å². The molecule has 0 aliphatic rings. The van der Waals surface area contributed by atoms with Gasteiger partial charge in [-0.05, 0) is 17.7 Å². The molecule has 0 saturated heterocycles. The first-order valence-electron chi connectivity index (χ1n) is 5.39. The van der Waals surface area contributed by atoms with Crippen LogP contribution in [0.2, 0.25) is 0 Å². The predicted octanol–water partition coefficient (Wildman–Crippen LogP) is 1.92. The van der Waals surface area contributed by atoms with Gasteiger partial charge in [0, 0.05) is 6.42 Å². The van der Waals surface area contributed by atoms with Crippen molar-refractivity contribution in [1.29, 1.82) is 0 Å². The van der Waals surface area contributed by atoms with Crippen molar-refractivity contribution in [1.82, 2.24) is 5.32 Å². The van der Waals surface area contributed by atoms with Gasteiger partial charge in [0.25, 0.3) is 0 Å². The number of halogens is 3. The van der Waals surface area contributed by atoms with Crippen LogP contribution in [-0.4, -0.2) is 32.8 Å². The van der Waals surface area contributed by atoms with Crippen molar-refractivity contribution in [3.8, 4) is 11.5 Å². The third-order valence-electron chi connectivity index (χ3n) is 2.55. The molecule has 0 radical (unpaired) electrons. The summed E-state index contributed by atoms with van der Waals surface area (Å²) in [6.45, 7) is 0. The van der Waals surface area contributed by atoms with Gasteiger partial charge in [-0.25, -0.2) is 0 Å². The fourth-order valence-corrected chi connectivity index (χ4v) is 1.59. The Morgan fingerprint density at radius 2 is 1.89 bits per heavy atom. The summed E-state index contributed by atoms with van der Waals surface area (Å²) in [6.07, 6.45) is -4.84. The summed E-state index contributed by atoms with van der Waals surface area (Å²) >= 11 is 0. The molecular formula is C12H14F3NO3. The second-order valence-corrected chi connectivity index (χ2v) is 3.77. The van der Waals surface area contributed by atoms with Crippen molar-refractivity contribution in [2.24, 2.45) is 0 Å². The van der Waals surface area contributed by atoms with Crippen LogP contribution in [0.5, 0.6) is 11.5 Å². The molecular weight excluding hydrogens is 263 g/mol. The van der Waals surface area contributed by atoms with Gasteiger partial charge in [0.2, 0.25) is 6.41 Å². The lowest BCUT2D eigenvalue weighted by atomic mass is 10.0. The summed E-state index contributed by atoms with van der Waals surface area (Å²) in [7, 11) is 2.83. The lowest BCUT2D eigenvalue weighted by Gasteiger charge is -2.20. The lowest BCUT2D eigenvalue weighted by molar-refractivity contribution is -0.158. The molecule has 0 saturated carbocycles. The molecule has 1 atom stereocenters. The Labute approximate surface area is 108 Å². The highest BCUT2D eigenvalue weighted by Crippen LogP contribution is 2.30. The third kappa shape index (κ3) is 4.04. The maximum absolute atomic E-state index is 12.6. The highest BCUT2D eigenvalue weighted by Gasteiger charge is 2.39. The van der Waals surface area contributed by atoms with Crippen molar-refractivity contribution in [2.45, 2.75) is 18.6 Å². The topological polar surface area (TPSA) is 47.6 Å². The number of hydrogen-bond donors (Lipinski definition) is 1. The zero-order chi connectivity index (χ0) is 14.5. The number of alkyl halides is 3. The summed E-state index contributed by atoms with van der Waals surface area (Å²) < 4.78 is 47.9. The number of carbonyl (C=O) groups excluding carboxylic acids is 1. The minimum Gasteiger partial charge on any atom is -0.493 e. The number of hydrogen-bond acceptors (Lipinski definition) is 3. The van der Waals surface area contributed by atoms with Crippen molar-refractivity contribution in [2.75, 3.05) is 14.2 Å². The van der Waals surface area contributed by atoms with Gasteiger partial charge in [0.05, 0.1) is 14.2 Å². The zero-order valence-corrected chi connectivity index (χ0v) is 10.5. The van der Waals surface area contributed by atoms with Gasteiger partial charge in [-0.1, -0.05) is 6.07 Å². The van der Waals surface area contributed by atoms with E-state index < -0.39 is 12.2 Å². The van der Waals surface area contributed by atoms with Crippen LogP contribution in [0.25, 0.3) is 0 Å². The summed E-state index contributed by atoms with van der Waals surface area (Å²) in [6, 6.07) is 2.53. The van der Waals surface area contributed by atoms with Gasteiger partial charge in [-0.3, -0.25) is 4.79 Å². The summed E-state index contributed by atoms with van der Waals surface area (Å²) in [4.78, 5) is 10.2. The van der Waals surface area contributed by atoms with E-state index in [1.807, 2.05) is 0 Å². The minimum atomic E-state index is -4.51. The number of benzene rings is 1. The summed E-state index contributed by atoms with van der Waals surface area (Å²) in [5.74, 6) is 0.769. The van der Waals surface area contributed by atoms with Gasteiger partial charge in [0.15, 0.2) is 11.5 Å². The van der Waals surface area contributed by atoms with Crippen LogP contribution < -0.4 is 14.8 Å². The molecule has 106 valence electrons. The van der Waals surface area contributed by atoms with Crippen LogP contribution in [0.1, 0.15) is 5.56 Å². The third-order valence-corrected chi connectivity index (χ3v) is 2.55. The van der Waals surface area contributed by atoms with Crippen molar-refractivity contribution < 1.29 is 27.4 Å². The maximum Gasteiger partial charge on any atom is 0.408 e. The molecule has 0 aliphatic heterocycles. The molecule has 0 aliphatic carbocycles. The van der Waals surface area contributed by atoms with Gasteiger partial charge >= 0.3 is 6.18 Å². The van der Waals surface area contributed by atoms with Crippen molar-refractivity contribution in [3.05, 3.63) is 23.8 Å². The average Bonchev–Trinajstić information content (AvgIpc) is 2.37. The van der Waals surface area contributed by atoms with Crippen LogP contribution in [0, 0.1) is 0 Å². The molecule has 0 spiro atoms. The normalized spacial score (nSPS) is 12.7. The molecule has 7 heteroatoms. The monoisotopic (exact) mass is 277 g/mol. The standard InChI is InChI=1S/C12H14F3NO3/c1-18-9-4-3-8(5-10(9)19-2)6-11(16-7-17)12(13,14)15/h3-5,7,11H,6H2,1-2H3,(H,16,17)/t11-/m0/s1. The van der Waals surface area contributed by atoms with Gasteiger partial charge in [0.1, 0.15) is 6.04 Å². The first-order valence-corrected chi connectivity index (χ1v) is 5.39. The quantitative estimate of drug-likeness (QED) is 0.808. The Hall–Kier alpha value is -1.92. The smallest absolute Gasteiger partial charge is 0.408 e. The van der Waals surface area contributed by atoms with Crippen LogP contribution in [0.4, 0.5) is 13.2 Å². The maximum atomic E-state index is 12.6. The molecule has 0 aromatic heterocycles. The summed E-state index contributed by atoms with van der Waals surface area (Å²) in [5, 5.41) is 1.76. The van der Waals surface area contributed by atoms with E-state index in [1.54, 1.807) is 5.32 Å². The molecule has 19 heavy (non-hydrogen) atoms. The number of ether oxygens (including phenoxy) is 2. The number of methoxy groups -OCH3 is 2. The molecule has 1 N–H and O–H groups in total. The Balaban J connectivity index is 2.94. The summed E-state index contributed by atoms with van der Waals surface area (Å²) in [5.41, 5.74) is 0.384. The Bertz CT molecular complexity index is 435. The van der Waals surface area contributed by atoms with Crippen LogP contribution in [0.3, 0.4) is 0 Å². The number of carbonyl (C=O) groups is 1. The molecule has 0 heterocycles. The molecule has 4 nitrogen and oxygen atoms in total. The van der Waals surface area contributed by atoms with E-state index in [0.717, 1.165) is 0 Å². The average molecular weight is 277 g/mol. The van der Waals surface area contributed by atoms with Crippen molar-refractivity contribution in [3.63, 3.8) is 0 Å². The van der Waals surface area contributed by atoms with E-state index >= 15 is 0 Å². The second-order valence-electron chi connectivity index (χ2n) is 3.77. The molecule has 0 fully saturated rings. The van der Waals surface area contributed by atoms with E-state index in [0.29, 0.717) is 17.1 Å². The van der Waals surface area contributed by atoms with Gasteiger partial charge < -0.3 is 14.8 Å². The number of rotatable bonds is 6. The van der Waals surface area contributed by atoms with E-state index in [2.05, 4.69) is 0 Å². The van der Waals surface area contributed by atoms with Crippen LogP contribution in [-0.2, 0) is 11.2 Å². The molecule has 1 rings (SSSR count). The zero-order valence-electron chi connectivity index (χ0n) is 10.5. The minimum absolute atomic E-state index is 0.0406. The van der Waals surface area contributed by atoms with E-state index in [-0.39, 0.29) is 12.8 Å². The predicted molar refractivity (Wildman–Crippen MR) is 62.3 cm³/mol. The Kier molecular flexibility index (Phi) is 5.02. The fourth-order valence-electron chi connectivity index (χ4n) is 1.59. The second kappa shape index (κ2) is 6.31. The molecule has 1 aromatic rings. The Morgan fingerprint density at radius 1 is 1.26 bits per heavy atom. The largest absolute Gasteiger partial charge is 0.493 e. The first kappa shape index (κ1) is 15.1. The molecule has 1 aromatic carbocycles. The highest BCUT2D eigenvalue weighted by molar-refractivity contribution is 5.48. The highest BCUT2D eigenvalue weighted by atomic mass is 19.4. The molecule has 0 bridgehead atoms.